The zero-order valence-corrected chi connectivity index (χ0v) is 16.8. The molecule has 2 N–H and O–H groups in total. The summed E-state index contributed by atoms with van der Waals surface area (Å²) in [4.78, 5) is 17.4. The van der Waals surface area contributed by atoms with Crippen LogP contribution in [-0.2, 0) is 9.53 Å². The molecule has 0 radical (unpaired) electrons. The van der Waals surface area contributed by atoms with E-state index < -0.39 is 0 Å². The molecule has 0 fully saturated rings. The molecule has 1 aromatic rings. The Balaban J connectivity index is 0.00000529. The molecule has 0 spiro atoms. The van der Waals surface area contributed by atoms with Gasteiger partial charge in [0.05, 0.1) is 13.2 Å². The van der Waals surface area contributed by atoms with Crippen molar-refractivity contribution in [3.63, 3.8) is 0 Å². The van der Waals surface area contributed by atoms with Crippen LogP contribution in [0.25, 0.3) is 0 Å². The van der Waals surface area contributed by atoms with Crippen molar-refractivity contribution in [3.05, 3.63) is 30.3 Å². The number of para-hydroxylation sites is 1. The number of benzene rings is 1. The van der Waals surface area contributed by atoms with E-state index in [1.54, 1.807) is 21.2 Å². The fraction of sp³-hybridized carbons (Fsp3) is 0.500. The van der Waals surface area contributed by atoms with Gasteiger partial charge in [0.1, 0.15) is 18.9 Å². The minimum Gasteiger partial charge on any atom is -0.492 e. The average Bonchev–Trinajstić information content (AvgIpc) is 2.56. The quantitative estimate of drug-likeness (QED) is 0.254. The van der Waals surface area contributed by atoms with Gasteiger partial charge in [-0.25, -0.2) is 4.99 Å². The van der Waals surface area contributed by atoms with E-state index in [0.717, 1.165) is 5.75 Å². The lowest BCUT2D eigenvalue weighted by Gasteiger charge is -2.14. The van der Waals surface area contributed by atoms with Crippen LogP contribution in [-0.4, -0.2) is 70.8 Å². The summed E-state index contributed by atoms with van der Waals surface area (Å²) in [5.41, 5.74) is 0. The van der Waals surface area contributed by atoms with Crippen LogP contribution < -0.4 is 15.4 Å². The van der Waals surface area contributed by atoms with Crippen molar-refractivity contribution in [2.75, 3.05) is 54.1 Å². The van der Waals surface area contributed by atoms with Crippen molar-refractivity contribution in [2.24, 2.45) is 4.99 Å². The van der Waals surface area contributed by atoms with E-state index in [1.165, 1.54) is 4.90 Å². The molecular formula is C16H27IN4O3. The first kappa shape index (κ1) is 22.4. The molecule has 0 saturated carbocycles. The first-order valence-corrected chi connectivity index (χ1v) is 7.52. The smallest absolute Gasteiger partial charge is 0.243 e. The molecule has 0 atom stereocenters. The SMILES string of the molecule is COCCNC(=NCC(=O)N(C)C)NCCOc1ccccc1.I. The number of hydrogen-bond donors (Lipinski definition) is 2. The lowest BCUT2D eigenvalue weighted by Crippen LogP contribution is -2.41. The molecule has 0 unspecified atom stereocenters. The van der Waals surface area contributed by atoms with Gasteiger partial charge < -0.3 is 25.0 Å². The van der Waals surface area contributed by atoms with Crippen LogP contribution in [0.15, 0.2) is 35.3 Å². The van der Waals surface area contributed by atoms with Gasteiger partial charge in [-0.05, 0) is 12.1 Å². The maximum atomic E-state index is 11.6. The second kappa shape index (κ2) is 13.8. The van der Waals surface area contributed by atoms with Crippen molar-refractivity contribution < 1.29 is 14.3 Å². The van der Waals surface area contributed by atoms with Gasteiger partial charge in [-0.15, -0.1) is 24.0 Å². The third-order valence-corrected chi connectivity index (χ3v) is 2.88. The molecule has 0 aliphatic carbocycles. The van der Waals surface area contributed by atoms with Gasteiger partial charge in [0.15, 0.2) is 5.96 Å². The molecule has 8 heteroatoms. The molecular weight excluding hydrogens is 423 g/mol. The fourth-order valence-electron chi connectivity index (χ4n) is 1.59. The van der Waals surface area contributed by atoms with Gasteiger partial charge in [-0.3, -0.25) is 4.79 Å². The summed E-state index contributed by atoms with van der Waals surface area (Å²) in [7, 11) is 5.04. The number of carbonyl (C=O) groups is 1. The number of amides is 1. The molecule has 0 saturated heterocycles. The fourth-order valence-corrected chi connectivity index (χ4v) is 1.59. The maximum absolute atomic E-state index is 11.6. The lowest BCUT2D eigenvalue weighted by molar-refractivity contribution is -0.127. The van der Waals surface area contributed by atoms with Gasteiger partial charge in [0.25, 0.3) is 0 Å². The minimum absolute atomic E-state index is 0. The van der Waals surface area contributed by atoms with Gasteiger partial charge in [0.2, 0.25) is 5.91 Å². The number of nitrogens with zero attached hydrogens (tertiary/aromatic N) is 2. The van der Waals surface area contributed by atoms with Crippen LogP contribution in [0.1, 0.15) is 0 Å². The third kappa shape index (κ3) is 10.3. The molecule has 136 valence electrons. The molecule has 0 heterocycles. The first-order valence-electron chi connectivity index (χ1n) is 7.52. The predicted molar refractivity (Wildman–Crippen MR) is 106 cm³/mol. The number of halogens is 1. The topological polar surface area (TPSA) is 75.2 Å². The second-order valence-corrected chi connectivity index (χ2v) is 4.96. The molecule has 0 aliphatic rings. The summed E-state index contributed by atoms with van der Waals surface area (Å²) < 4.78 is 10.6. The monoisotopic (exact) mass is 450 g/mol. The van der Waals surface area contributed by atoms with Crippen molar-refractivity contribution >= 4 is 35.8 Å². The standard InChI is InChI=1S/C16H26N4O3.HI/c1-20(2)15(21)13-19-16(17-9-11-22-3)18-10-12-23-14-7-5-4-6-8-14;/h4-8H,9-13H2,1-3H3,(H2,17,18,19);1H. The molecule has 0 bridgehead atoms. The van der Waals surface area contributed by atoms with Crippen LogP contribution in [0.2, 0.25) is 0 Å². The highest BCUT2D eigenvalue weighted by Crippen LogP contribution is 2.07. The maximum Gasteiger partial charge on any atom is 0.243 e. The summed E-state index contributed by atoms with van der Waals surface area (Å²) in [6.45, 7) is 2.33. The van der Waals surface area contributed by atoms with Crippen molar-refractivity contribution in [2.45, 2.75) is 0 Å². The van der Waals surface area contributed by atoms with Gasteiger partial charge >= 0.3 is 0 Å². The van der Waals surface area contributed by atoms with Crippen LogP contribution >= 0.6 is 24.0 Å². The van der Waals surface area contributed by atoms with E-state index >= 15 is 0 Å². The number of methoxy groups -OCH3 is 1. The van der Waals surface area contributed by atoms with E-state index in [0.29, 0.717) is 32.3 Å². The Morgan fingerprint density at radius 2 is 1.75 bits per heavy atom. The second-order valence-electron chi connectivity index (χ2n) is 4.96. The molecule has 0 aromatic heterocycles. The normalized spacial score (nSPS) is 10.5. The van der Waals surface area contributed by atoms with E-state index in [2.05, 4.69) is 15.6 Å². The van der Waals surface area contributed by atoms with Crippen molar-refractivity contribution in [3.8, 4) is 5.75 Å². The van der Waals surface area contributed by atoms with Crippen LogP contribution in [0.4, 0.5) is 0 Å². The Bertz CT molecular complexity index is 483. The highest BCUT2D eigenvalue weighted by molar-refractivity contribution is 14.0. The van der Waals surface area contributed by atoms with E-state index in [-0.39, 0.29) is 36.4 Å². The Kier molecular flexibility index (Phi) is 13.0. The van der Waals surface area contributed by atoms with Gasteiger partial charge in [-0.1, -0.05) is 18.2 Å². The molecule has 1 rings (SSSR count). The summed E-state index contributed by atoms with van der Waals surface area (Å²) in [6, 6.07) is 9.60. The Morgan fingerprint density at radius 1 is 1.12 bits per heavy atom. The lowest BCUT2D eigenvalue weighted by atomic mass is 10.3. The largest absolute Gasteiger partial charge is 0.492 e. The molecule has 1 amide bonds. The van der Waals surface area contributed by atoms with Crippen molar-refractivity contribution in [1.29, 1.82) is 0 Å². The predicted octanol–water partition coefficient (Wildman–Crippen LogP) is 0.953. The summed E-state index contributed by atoms with van der Waals surface area (Å²) in [5, 5.41) is 6.23. The van der Waals surface area contributed by atoms with Gasteiger partial charge in [0, 0.05) is 27.7 Å². The van der Waals surface area contributed by atoms with Crippen LogP contribution in [0.5, 0.6) is 5.75 Å². The van der Waals surface area contributed by atoms with E-state index in [1.807, 2.05) is 30.3 Å². The Labute approximate surface area is 160 Å². The first-order chi connectivity index (χ1) is 11.1. The highest BCUT2D eigenvalue weighted by atomic mass is 127. The molecule has 7 nitrogen and oxygen atoms in total. The number of carbonyl (C=O) groups excluding carboxylic acids is 1. The average molecular weight is 450 g/mol. The number of likely N-dealkylation sites (N-methyl/N-ethyl adjacent to an activating group) is 1. The summed E-state index contributed by atoms with van der Waals surface area (Å²) >= 11 is 0. The molecule has 1 aromatic carbocycles. The number of guanidine groups is 1. The van der Waals surface area contributed by atoms with Crippen LogP contribution in [0, 0.1) is 0 Å². The van der Waals surface area contributed by atoms with Crippen molar-refractivity contribution in [1.82, 2.24) is 15.5 Å². The Morgan fingerprint density at radius 3 is 2.33 bits per heavy atom. The number of aliphatic imine (C=N–C) groups is 1. The third-order valence-electron chi connectivity index (χ3n) is 2.88. The minimum atomic E-state index is -0.0571. The number of ether oxygens (including phenoxy) is 2. The highest BCUT2D eigenvalue weighted by Gasteiger charge is 2.04. The zero-order chi connectivity index (χ0) is 16.9. The van der Waals surface area contributed by atoms with E-state index in [4.69, 9.17) is 9.47 Å². The summed E-state index contributed by atoms with van der Waals surface area (Å²) in [5.74, 6) is 1.33. The zero-order valence-electron chi connectivity index (χ0n) is 14.4. The summed E-state index contributed by atoms with van der Waals surface area (Å²) in [6.07, 6.45) is 0. The van der Waals surface area contributed by atoms with Gasteiger partial charge in [-0.2, -0.15) is 0 Å². The molecule has 0 aliphatic heterocycles. The van der Waals surface area contributed by atoms with E-state index in [9.17, 15) is 4.79 Å². The number of rotatable bonds is 9. The number of nitrogens with one attached hydrogen (secondary N) is 2. The van der Waals surface area contributed by atoms with Crippen LogP contribution in [0.3, 0.4) is 0 Å². The Hall–Kier alpha value is -1.55. The molecule has 24 heavy (non-hydrogen) atoms. The number of hydrogen-bond acceptors (Lipinski definition) is 4.